The van der Waals surface area contributed by atoms with Gasteiger partial charge in [0.05, 0.1) is 22.9 Å². The van der Waals surface area contributed by atoms with E-state index in [0.29, 0.717) is 11.3 Å². The van der Waals surface area contributed by atoms with E-state index >= 15 is 0 Å². The van der Waals surface area contributed by atoms with Crippen LogP contribution in [0.25, 0.3) is 11.1 Å². The molecule has 0 fully saturated rings. The molecule has 4 rings (SSSR count). The molecule has 2 aromatic carbocycles. The summed E-state index contributed by atoms with van der Waals surface area (Å²) >= 11 is 0. The highest BCUT2D eigenvalue weighted by Crippen LogP contribution is 2.25. The lowest BCUT2D eigenvalue weighted by molar-refractivity contribution is 0.0981. The summed E-state index contributed by atoms with van der Waals surface area (Å²) in [5, 5.41) is 12.0. The van der Waals surface area contributed by atoms with Gasteiger partial charge in [0.25, 0.3) is 0 Å². The SMILES string of the molecule is N#Cc1cccc(-c2ccc(NC3=CC(=O)c4ncncc4C3=O)cc2)c1. The Morgan fingerprint density at radius 1 is 1.00 bits per heavy atom. The van der Waals surface area contributed by atoms with Crippen LogP contribution in [0, 0.1) is 11.3 Å². The molecule has 6 nitrogen and oxygen atoms in total. The number of fused-ring (bicyclic) bond motifs is 1. The fourth-order valence-corrected chi connectivity index (χ4v) is 2.86. The summed E-state index contributed by atoms with van der Waals surface area (Å²) in [6.07, 6.45) is 3.85. The molecule has 128 valence electrons. The number of benzene rings is 2. The number of anilines is 1. The van der Waals surface area contributed by atoms with E-state index in [2.05, 4.69) is 21.4 Å². The number of nitriles is 1. The molecule has 0 spiro atoms. The van der Waals surface area contributed by atoms with E-state index in [9.17, 15) is 9.59 Å². The van der Waals surface area contributed by atoms with Crippen molar-refractivity contribution < 1.29 is 9.59 Å². The van der Waals surface area contributed by atoms with E-state index in [1.807, 2.05) is 42.5 Å². The Labute approximate surface area is 154 Å². The average molecular weight is 352 g/mol. The van der Waals surface area contributed by atoms with Crippen molar-refractivity contribution in [2.45, 2.75) is 0 Å². The van der Waals surface area contributed by atoms with Gasteiger partial charge in [0.15, 0.2) is 0 Å². The maximum atomic E-state index is 12.5. The molecule has 0 unspecified atom stereocenters. The number of rotatable bonds is 3. The highest BCUT2D eigenvalue weighted by atomic mass is 16.1. The van der Waals surface area contributed by atoms with E-state index in [1.165, 1.54) is 18.6 Å². The first-order chi connectivity index (χ1) is 13.2. The predicted octanol–water partition coefficient (Wildman–Crippen LogP) is 3.39. The second-order valence-corrected chi connectivity index (χ2v) is 5.93. The minimum atomic E-state index is -0.334. The van der Waals surface area contributed by atoms with Crippen molar-refractivity contribution in [2.75, 3.05) is 5.32 Å². The number of carbonyl (C=O) groups excluding carboxylic acids is 2. The summed E-state index contributed by atoms with van der Waals surface area (Å²) in [5.74, 6) is -0.657. The van der Waals surface area contributed by atoms with Gasteiger partial charge in [-0.2, -0.15) is 5.26 Å². The van der Waals surface area contributed by atoms with Crippen molar-refractivity contribution in [3.63, 3.8) is 0 Å². The van der Waals surface area contributed by atoms with Gasteiger partial charge in [-0.1, -0.05) is 24.3 Å². The third kappa shape index (κ3) is 3.10. The molecule has 1 aliphatic carbocycles. The summed E-state index contributed by atoms with van der Waals surface area (Å²) in [4.78, 5) is 32.4. The molecule has 0 saturated heterocycles. The lowest BCUT2D eigenvalue weighted by Gasteiger charge is -2.15. The zero-order valence-corrected chi connectivity index (χ0v) is 14.0. The number of hydrogen-bond acceptors (Lipinski definition) is 6. The molecule has 0 bridgehead atoms. The van der Waals surface area contributed by atoms with Crippen molar-refractivity contribution in [1.82, 2.24) is 9.97 Å². The molecule has 3 aromatic rings. The van der Waals surface area contributed by atoms with Gasteiger partial charge in [-0.25, -0.2) is 9.97 Å². The minimum Gasteiger partial charge on any atom is -0.352 e. The Hall–Kier alpha value is -4.11. The van der Waals surface area contributed by atoms with Crippen molar-refractivity contribution in [3.8, 4) is 17.2 Å². The van der Waals surface area contributed by atoms with Crippen LogP contribution < -0.4 is 5.32 Å². The number of nitrogens with one attached hydrogen (secondary N) is 1. The van der Waals surface area contributed by atoms with E-state index in [4.69, 9.17) is 5.26 Å². The lowest BCUT2D eigenvalue weighted by Crippen LogP contribution is -2.22. The van der Waals surface area contributed by atoms with Crippen LogP contribution in [0.4, 0.5) is 5.69 Å². The number of aromatic nitrogens is 2. The van der Waals surface area contributed by atoms with Crippen LogP contribution in [0.1, 0.15) is 26.4 Å². The van der Waals surface area contributed by atoms with E-state index in [1.54, 1.807) is 6.07 Å². The second kappa shape index (κ2) is 6.65. The number of allylic oxidation sites excluding steroid dienone is 2. The van der Waals surface area contributed by atoms with Gasteiger partial charge in [0.1, 0.15) is 12.0 Å². The first-order valence-corrected chi connectivity index (χ1v) is 8.14. The molecule has 0 amide bonds. The normalized spacial score (nSPS) is 12.8. The van der Waals surface area contributed by atoms with Gasteiger partial charge < -0.3 is 5.32 Å². The number of ketones is 2. The van der Waals surface area contributed by atoms with Crippen molar-refractivity contribution >= 4 is 17.3 Å². The Morgan fingerprint density at radius 3 is 2.59 bits per heavy atom. The van der Waals surface area contributed by atoms with E-state index in [-0.39, 0.29) is 28.5 Å². The maximum Gasteiger partial charge on any atom is 0.213 e. The topological polar surface area (TPSA) is 95.7 Å². The predicted molar refractivity (Wildman–Crippen MR) is 99.0 cm³/mol. The summed E-state index contributed by atoms with van der Waals surface area (Å²) in [6.45, 7) is 0. The van der Waals surface area contributed by atoms with Crippen LogP contribution in [0.15, 0.2) is 72.8 Å². The molecule has 27 heavy (non-hydrogen) atoms. The zero-order valence-electron chi connectivity index (χ0n) is 14.0. The quantitative estimate of drug-likeness (QED) is 0.776. The Bertz CT molecular complexity index is 1140. The van der Waals surface area contributed by atoms with Gasteiger partial charge in [-0.05, 0) is 35.4 Å². The van der Waals surface area contributed by atoms with Crippen LogP contribution in [-0.2, 0) is 0 Å². The molecule has 0 aliphatic heterocycles. The fraction of sp³-hybridized carbons (Fsp3) is 0. The lowest BCUT2D eigenvalue weighted by atomic mass is 9.98. The number of Topliss-reactive ketones (excluding diaryl/α,β-unsaturated/α-hetero) is 1. The Kier molecular flexibility index (Phi) is 4.03. The molecular weight excluding hydrogens is 340 g/mol. The van der Waals surface area contributed by atoms with Crippen molar-refractivity contribution in [1.29, 1.82) is 5.26 Å². The average Bonchev–Trinajstić information content (AvgIpc) is 2.72. The van der Waals surface area contributed by atoms with Gasteiger partial charge in [-0.3, -0.25) is 9.59 Å². The summed E-state index contributed by atoms with van der Waals surface area (Å²) in [6, 6.07) is 16.8. The summed E-state index contributed by atoms with van der Waals surface area (Å²) in [7, 11) is 0. The smallest absolute Gasteiger partial charge is 0.213 e. The second-order valence-electron chi connectivity index (χ2n) is 5.93. The molecule has 1 N–H and O–H groups in total. The van der Waals surface area contributed by atoms with Crippen LogP contribution in [0.5, 0.6) is 0 Å². The third-order valence-corrected chi connectivity index (χ3v) is 4.20. The van der Waals surface area contributed by atoms with Gasteiger partial charge in [-0.15, -0.1) is 0 Å². The van der Waals surface area contributed by atoms with Crippen molar-refractivity contribution in [3.05, 3.63) is 89.6 Å². The molecular formula is C21H12N4O2. The first kappa shape index (κ1) is 16.4. The van der Waals surface area contributed by atoms with E-state index < -0.39 is 0 Å². The standard InChI is InChI=1S/C21H12N4O2/c22-10-13-2-1-3-15(8-13)14-4-6-16(7-5-14)25-18-9-19(26)20-17(21(18)27)11-23-12-24-20/h1-9,11-12,25H. The van der Waals surface area contributed by atoms with E-state index in [0.717, 1.165) is 11.1 Å². The Morgan fingerprint density at radius 2 is 1.81 bits per heavy atom. The van der Waals surface area contributed by atoms with Gasteiger partial charge >= 0.3 is 0 Å². The van der Waals surface area contributed by atoms with Crippen LogP contribution in [-0.4, -0.2) is 21.5 Å². The first-order valence-electron chi connectivity index (χ1n) is 8.14. The highest BCUT2D eigenvalue weighted by Gasteiger charge is 2.27. The van der Waals surface area contributed by atoms with Crippen LogP contribution in [0.2, 0.25) is 0 Å². The fourth-order valence-electron chi connectivity index (χ4n) is 2.86. The number of carbonyl (C=O) groups is 2. The number of nitrogens with zero attached hydrogens (tertiary/aromatic N) is 3. The minimum absolute atomic E-state index is 0.119. The Balaban J connectivity index is 1.58. The van der Waals surface area contributed by atoms with Crippen molar-refractivity contribution in [2.24, 2.45) is 0 Å². The summed E-state index contributed by atoms with van der Waals surface area (Å²) < 4.78 is 0. The molecule has 6 heteroatoms. The molecule has 1 aliphatic rings. The van der Waals surface area contributed by atoms with Crippen LogP contribution in [0.3, 0.4) is 0 Å². The summed E-state index contributed by atoms with van der Waals surface area (Å²) in [5.41, 5.74) is 3.62. The molecule has 1 aromatic heterocycles. The monoisotopic (exact) mass is 352 g/mol. The third-order valence-electron chi connectivity index (χ3n) is 4.20. The van der Waals surface area contributed by atoms with Crippen LogP contribution >= 0.6 is 0 Å². The van der Waals surface area contributed by atoms with Gasteiger partial charge in [0.2, 0.25) is 11.6 Å². The highest BCUT2D eigenvalue weighted by molar-refractivity contribution is 6.24. The zero-order chi connectivity index (χ0) is 18.8. The molecule has 0 atom stereocenters. The largest absolute Gasteiger partial charge is 0.352 e. The molecule has 0 radical (unpaired) electrons. The maximum absolute atomic E-state index is 12.5. The molecule has 0 saturated carbocycles. The molecule has 1 heterocycles. The number of hydrogen-bond donors (Lipinski definition) is 1. The van der Waals surface area contributed by atoms with Gasteiger partial charge in [0, 0.05) is 18.0 Å².